The summed E-state index contributed by atoms with van der Waals surface area (Å²) in [6.07, 6.45) is 2.55. The van der Waals surface area contributed by atoms with Gasteiger partial charge < -0.3 is 38.6 Å². The Morgan fingerprint density at radius 1 is 1.11 bits per heavy atom. The maximum Gasteiger partial charge on any atom is 0.339 e. The lowest BCUT2D eigenvalue weighted by Crippen LogP contribution is -3.00. The average molecular weight is 532 g/mol. The fraction of sp³-hybridized carbons (Fsp3) is 0.211. The summed E-state index contributed by atoms with van der Waals surface area (Å²) in [4.78, 5) is 4.16. The van der Waals surface area contributed by atoms with Crippen molar-refractivity contribution in [3.8, 4) is 11.5 Å². The summed E-state index contributed by atoms with van der Waals surface area (Å²) >= 11 is 0. The normalized spacial score (nSPS) is 11.5. The minimum Gasteiger partial charge on any atom is -1.00 e. The third-order valence-electron chi connectivity index (χ3n) is 3.74. The van der Waals surface area contributed by atoms with Crippen molar-refractivity contribution in [3.05, 3.63) is 65.7 Å². The minimum atomic E-state index is -3.88. The number of benzene rings is 2. The second kappa shape index (κ2) is 10.1. The zero-order valence-electron chi connectivity index (χ0n) is 15.2. The summed E-state index contributed by atoms with van der Waals surface area (Å²) in [6.45, 7) is 2.36. The number of nitrogens with zero attached hydrogens (tertiary/aromatic N) is 1. The summed E-state index contributed by atoms with van der Waals surface area (Å²) in [7, 11) is -3.99. The van der Waals surface area contributed by atoms with Crippen LogP contribution in [0.1, 0.15) is 12.0 Å². The fourth-order valence-electron chi connectivity index (χ4n) is 2.50. The highest BCUT2D eigenvalue weighted by Crippen LogP contribution is 2.28. The summed E-state index contributed by atoms with van der Waals surface area (Å²) in [5.41, 5.74) is 6.65. The van der Waals surface area contributed by atoms with Gasteiger partial charge in [-0.25, -0.2) is 0 Å². The van der Waals surface area contributed by atoms with E-state index in [4.69, 9.17) is 14.7 Å². The van der Waals surface area contributed by atoms with Gasteiger partial charge in [-0.2, -0.15) is 13.4 Å². The molecule has 0 saturated carbocycles. The highest BCUT2D eigenvalue weighted by molar-refractivity contribution is 7.87. The summed E-state index contributed by atoms with van der Waals surface area (Å²) in [6, 6.07) is 13.1. The number of hydrogen-bond acceptors (Lipinski definition) is 6. The van der Waals surface area contributed by atoms with Gasteiger partial charge in [0.25, 0.3) is 0 Å². The SMILES string of the molecule is Cc1cc(OCCC[s+]2ccnc2N)cc(OS(=O)(=O)c2ccccc2)c1.[I-]. The van der Waals surface area contributed by atoms with Gasteiger partial charge in [-0.05, 0) is 36.8 Å². The topological polar surface area (TPSA) is 91.5 Å². The lowest BCUT2D eigenvalue weighted by Gasteiger charge is -2.11. The van der Waals surface area contributed by atoms with E-state index in [9.17, 15) is 8.42 Å². The van der Waals surface area contributed by atoms with Crippen molar-refractivity contribution in [2.45, 2.75) is 24.0 Å². The molecule has 3 rings (SSSR count). The third kappa shape index (κ3) is 6.08. The van der Waals surface area contributed by atoms with Crippen LogP contribution in [0.2, 0.25) is 0 Å². The Morgan fingerprint density at radius 2 is 1.82 bits per heavy atom. The van der Waals surface area contributed by atoms with Gasteiger partial charge in [0.2, 0.25) is 0 Å². The van der Waals surface area contributed by atoms with Crippen molar-refractivity contribution in [1.82, 2.24) is 4.98 Å². The van der Waals surface area contributed by atoms with E-state index in [0.29, 0.717) is 17.5 Å². The molecule has 1 aromatic heterocycles. The summed E-state index contributed by atoms with van der Waals surface area (Å²) in [5, 5.41) is 2.66. The summed E-state index contributed by atoms with van der Waals surface area (Å²) in [5.74, 6) is 1.68. The smallest absolute Gasteiger partial charge is 0.339 e. The van der Waals surface area contributed by atoms with E-state index in [-0.39, 0.29) is 45.1 Å². The maximum absolute atomic E-state index is 12.4. The Balaban J connectivity index is 0.00000280. The van der Waals surface area contributed by atoms with E-state index in [0.717, 1.165) is 17.7 Å². The van der Waals surface area contributed by atoms with Gasteiger partial charge >= 0.3 is 15.2 Å². The number of thiazole rings is 1. The van der Waals surface area contributed by atoms with Crippen molar-refractivity contribution < 1.29 is 41.3 Å². The van der Waals surface area contributed by atoms with Gasteiger partial charge in [0.1, 0.15) is 22.1 Å². The van der Waals surface area contributed by atoms with Crippen molar-refractivity contribution in [2.24, 2.45) is 0 Å². The number of nitrogen functional groups attached to an aromatic ring is 1. The van der Waals surface area contributed by atoms with Crippen molar-refractivity contribution in [3.63, 3.8) is 0 Å². The lowest BCUT2D eigenvalue weighted by molar-refractivity contribution is -0.00000959. The zero-order chi connectivity index (χ0) is 19.3. The van der Waals surface area contributed by atoms with E-state index in [1.165, 1.54) is 12.1 Å². The van der Waals surface area contributed by atoms with Crippen molar-refractivity contribution in [2.75, 3.05) is 12.3 Å². The standard InChI is InChI=1S/C19H21N2O4S2.HI/c1-15-12-16(24-9-5-10-26-11-8-21-19(26)20)14-17(13-15)25-27(22,23)18-6-3-2-4-7-18;/h2-4,6-8,11-14H,5,9-10H2,1H3,(H2,20,21);1H/q+1;/p-1. The van der Waals surface area contributed by atoms with Crippen LogP contribution in [-0.2, 0) is 15.9 Å². The number of nitrogens with two attached hydrogens (primary N) is 1. The number of hydrogen-bond donors (Lipinski definition) is 1. The Kier molecular flexibility index (Phi) is 8.08. The average Bonchev–Trinajstić information content (AvgIpc) is 3.04. The molecule has 0 spiro atoms. The number of rotatable bonds is 8. The van der Waals surface area contributed by atoms with E-state index in [1.54, 1.807) is 36.5 Å². The largest absolute Gasteiger partial charge is 1.00 e. The van der Waals surface area contributed by atoms with Crippen LogP contribution in [0, 0.1) is 6.92 Å². The molecule has 2 N–H and O–H groups in total. The molecule has 0 saturated heterocycles. The molecule has 0 fully saturated rings. The van der Waals surface area contributed by atoms with Crippen LogP contribution in [0.3, 0.4) is 0 Å². The molecule has 1 heterocycles. The molecule has 0 aliphatic heterocycles. The minimum absolute atomic E-state index is 0. The second-order valence-electron chi connectivity index (χ2n) is 5.92. The first-order chi connectivity index (χ1) is 12.9. The first-order valence-corrected chi connectivity index (χ1v) is 11.2. The Bertz CT molecular complexity index is 1010. The number of aromatic nitrogens is 1. The molecule has 150 valence electrons. The first-order valence-electron chi connectivity index (χ1n) is 8.38. The molecule has 1 atom stereocenters. The van der Waals surface area contributed by atoms with Gasteiger partial charge in [0.05, 0.1) is 12.8 Å². The van der Waals surface area contributed by atoms with Gasteiger partial charge in [-0.15, -0.1) is 0 Å². The number of ether oxygens (including phenoxy) is 1. The third-order valence-corrected chi connectivity index (χ3v) is 6.82. The van der Waals surface area contributed by atoms with Crippen LogP contribution in [-0.4, -0.2) is 20.0 Å². The molecule has 28 heavy (non-hydrogen) atoms. The van der Waals surface area contributed by atoms with Crippen LogP contribution in [0.25, 0.3) is 0 Å². The molecule has 0 amide bonds. The van der Waals surface area contributed by atoms with E-state index < -0.39 is 10.1 Å². The van der Waals surface area contributed by atoms with Crippen LogP contribution in [0.4, 0.5) is 5.13 Å². The van der Waals surface area contributed by atoms with Crippen LogP contribution >= 0.6 is 10.5 Å². The summed E-state index contributed by atoms with van der Waals surface area (Å²) < 4.78 is 35.8. The Labute approximate surface area is 184 Å². The molecule has 1 unspecified atom stereocenters. The molecule has 0 aliphatic carbocycles. The molecular formula is C19H21IN2O4S2. The molecule has 0 radical (unpaired) electrons. The van der Waals surface area contributed by atoms with Gasteiger partial charge in [-0.1, -0.05) is 18.2 Å². The van der Waals surface area contributed by atoms with Crippen LogP contribution in [0.5, 0.6) is 11.5 Å². The molecule has 0 bridgehead atoms. The maximum atomic E-state index is 12.4. The number of aryl methyl sites for hydroxylation is 2. The fourth-order valence-corrected chi connectivity index (χ4v) is 4.75. The van der Waals surface area contributed by atoms with Crippen LogP contribution < -0.4 is 38.6 Å². The molecule has 0 aliphatic rings. The van der Waals surface area contributed by atoms with Gasteiger partial charge in [0.15, 0.2) is 5.38 Å². The molecule has 6 nitrogen and oxygen atoms in total. The van der Waals surface area contributed by atoms with Crippen LogP contribution in [0.15, 0.2) is 65.0 Å². The van der Waals surface area contributed by atoms with Crippen molar-refractivity contribution >= 4 is 25.7 Å². The van der Waals surface area contributed by atoms with Crippen molar-refractivity contribution in [1.29, 1.82) is 0 Å². The zero-order valence-corrected chi connectivity index (χ0v) is 19.0. The molecule has 3 aromatic rings. The predicted octanol–water partition coefficient (Wildman–Crippen LogP) is 0.962. The highest BCUT2D eigenvalue weighted by Gasteiger charge is 2.17. The number of halogens is 1. The van der Waals surface area contributed by atoms with Gasteiger partial charge in [-0.3, -0.25) is 0 Å². The van der Waals surface area contributed by atoms with E-state index in [1.807, 2.05) is 18.4 Å². The Hall–Kier alpha value is -1.85. The highest BCUT2D eigenvalue weighted by atomic mass is 127. The molecule has 2 aromatic carbocycles. The molecular weight excluding hydrogens is 511 g/mol. The second-order valence-corrected chi connectivity index (χ2v) is 9.42. The lowest BCUT2D eigenvalue weighted by atomic mass is 10.2. The van der Waals surface area contributed by atoms with Gasteiger partial charge in [0, 0.05) is 23.0 Å². The monoisotopic (exact) mass is 532 g/mol. The quantitative estimate of drug-likeness (QED) is 0.201. The van der Waals surface area contributed by atoms with E-state index in [2.05, 4.69) is 4.98 Å². The van der Waals surface area contributed by atoms with E-state index >= 15 is 0 Å². The predicted molar refractivity (Wildman–Crippen MR) is 107 cm³/mol. The Morgan fingerprint density at radius 3 is 2.50 bits per heavy atom. The molecule has 9 heteroatoms. The first kappa shape index (κ1) is 22.4. The number of anilines is 1.